The van der Waals surface area contributed by atoms with Crippen molar-refractivity contribution in [2.45, 2.75) is 19.8 Å². The molecule has 3 aromatic rings. The molecule has 1 aliphatic heterocycles. The number of aromatic nitrogens is 1. The molecule has 2 heterocycles. The lowest BCUT2D eigenvalue weighted by Crippen LogP contribution is -2.38. The lowest BCUT2D eigenvalue weighted by molar-refractivity contribution is -0.384. The van der Waals surface area contributed by atoms with Crippen molar-refractivity contribution in [3.8, 4) is 0 Å². The van der Waals surface area contributed by atoms with Crippen molar-refractivity contribution in [2.24, 2.45) is 5.92 Å². The third-order valence-corrected chi connectivity index (χ3v) is 5.99. The first kappa shape index (κ1) is 18.4. The summed E-state index contributed by atoms with van der Waals surface area (Å²) >= 11 is 1.48. The summed E-state index contributed by atoms with van der Waals surface area (Å²) in [6, 6.07) is 12.8. The van der Waals surface area contributed by atoms with Crippen LogP contribution in [0.5, 0.6) is 0 Å². The van der Waals surface area contributed by atoms with Gasteiger partial charge in [-0.2, -0.15) is 0 Å². The molecule has 1 N–H and O–H groups in total. The number of nitrogens with zero attached hydrogens (tertiary/aromatic N) is 3. The second-order valence-corrected chi connectivity index (χ2v) is 8.02. The molecule has 1 saturated heterocycles. The zero-order chi connectivity index (χ0) is 19.7. The summed E-state index contributed by atoms with van der Waals surface area (Å²) in [7, 11) is 0. The van der Waals surface area contributed by atoms with E-state index in [-0.39, 0.29) is 22.4 Å². The fourth-order valence-corrected chi connectivity index (χ4v) is 4.53. The molecule has 0 spiro atoms. The highest BCUT2D eigenvalue weighted by Crippen LogP contribution is 2.32. The van der Waals surface area contributed by atoms with Crippen LogP contribution in [0.15, 0.2) is 42.5 Å². The number of rotatable bonds is 4. The molecule has 1 aliphatic rings. The van der Waals surface area contributed by atoms with Crippen LogP contribution in [0.1, 0.15) is 18.4 Å². The molecular formula is C20H20N4O3S. The Kier molecular flexibility index (Phi) is 4.95. The van der Waals surface area contributed by atoms with Crippen LogP contribution >= 0.6 is 11.3 Å². The van der Waals surface area contributed by atoms with Crippen LogP contribution in [0.4, 0.5) is 16.5 Å². The van der Waals surface area contributed by atoms with Crippen molar-refractivity contribution in [1.82, 2.24) is 4.98 Å². The standard InChI is InChI=1S/C20H20N4O3S/c1-13-6-7-15-18(12-13)28-20(21-15)22-19(25)14-8-10-23(11-9-14)16-4-2-3-5-17(16)24(26)27/h2-7,12,14H,8-11H2,1H3,(H,21,22,25). The zero-order valence-electron chi connectivity index (χ0n) is 15.4. The van der Waals surface area contributed by atoms with Crippen LogP contribution in [-0.4, -0.2) is 28.9 Å². The van der Waals surface area contributed by atoms with Gasteiger partial charge in [-0.15, -0.1) is 0 Å². The van der Waals surface area contributed by atoms with E-state index in [1.54, 1.807) is 18.2 Å². The Balaban J connectivity index is 1.40. The molecular weight excluding hydrogens is 376 g/mol. The molecule has 0 unspecified atom stereocenters. The number of amides is 1. The molecule has 7 nitrogen and oxygen atoms in total. The molecule has 0 radical (unpaired) electrons. The molecule has 2 aromatic carbocycles. The molecule has 0 bridgehead atoms. The van der Waals surface area contributed by atoms with Crippen LogP contribution in [0.3, 0.4) is 0 Å². The van der Waals surface area contributed by atoms with Gasteiger partial charge in [0.25, 0.3) is 5.69 Å². The van der Waals surface area contributed by atoms with Gasteiger partial charge in [0.15, 0.2) is 5.13 Å². The third-order valence-electron chi connectivity index (χ3n) is 5.06. The second kappa shape index (κ2) is 7.55. The quantitative estimate of drug-likeness (QED) is 0.523. The SMILES string of the molecule is Cc1ccc2nc(NC(=O)C3CCN(c4ccccc4[N+](=O)[O-])CC3)sc2c1. The number of anilines is 2. The van der Waals surface area contributed by atoms with E-state index >= 15 is 0 Å². The minimum atomic E-state index is -0.358. The monoisotopic (exact) mass is 396 g/mol. The molecule has 0 aliphatic carbocycles. The maximum absolute atomic E-state index is 12.7. The number of nitro groups is 1. The Hall–Kier alpha value is -3.00. The topological polar surface area (TPSA) is 88.4 Å². The van der Waals surface area contributed by atoms with Gasteiger partial charge in [0, 0.05) is 25.1 Å². The maximum Gasteiger partial charge on any atom is 0.292 e. The lowest BCUT2D eigenvalue weighted by Gasteiger charge is -2.32. The number of piperidine rings is 1. The van der Waals surface area contributed by atoms with Crippen LogP contribution in [-0.2, 0) is 4.79 Å². The molecule has 1 amide bonds. The molecule has 1 aromatic heterocycles. The van der Waals surface area contributed by atoms with E-state index in [2.05, 4.69) is 16.4 Å². The minimum absolute atomic E-state index is 0.0296. The van der Waals surface area contributed by atoms with Crippen molar-refractivity contribution >= 4 is 44.0 Å². The fraction of sp³-hybridized carbons (Fsp3) is 0.300. The largest absolute Gasteiger partial charge is 0.366 e. The number of fused-ring (bicyclic) bond motifs is 1. The van der Waals surface area contributed by atoms with Gasteiger partial charge in [-0.25, -0.2) is 4.98 Å². The Morgan fingerprint density at radius 1 is 1.25 bits per heavy atom. The van der Waals surface area contributed by atoms with Gasteiger partial charge in [-0.3, -0.25) is 14.9 Å². The number of nitrogens with one attached hydrogen (secondary N) is 1. The van der Waals surface area contributed by atoms with E-state index in [0.717, 1.165) is 15.8 Å². The zero-order valence-corrected chi connectivity index (χ0v) is 16.2. The Morgan fingerprint density at radius 2 is 2.00 bits per heavy atom. The Morgan fingerprint density at radius 3 is 2.75 bits per heavy atom. The summed E-state index contributed by atoms with van der Waals surface area (Å²) in [5.41, 5.74) is 2.77. The van der Waals surface area contributed by atoms with Gasteiger partial charge in [0.05, 0.1) is 15.1 Å². The summed E-state index contributed by atoms with van der Waals surface area (Å²) < 4.78 is 1.06. The van der Waals surface area contributed by atoms with E-state index in [1.165, 1.54) is 17.4 Å². The van der Waals surface area contributed by atoms with Gasteiger partial charge >= 0.3 is 0 Å². The summed E-state index contributed by atoms with van der Waals surface area (Å²) in [6.07, 6.45) is 1.31. The summed E-state index contributed by atoms with van der Waals surface area (Å²) in [5.74, 6) is -0.147. The predicted molar refractivity (Wildman–Crippen MR) is 111 cm³/mol. The molecule has 1 fully saturated rings. The van der Waals surface area contributed by atoms with Gasteiger partial charge in [0.1, 0.15) is 5.69 Å². The smallest absolute Gasteiger partial charge is 0.292 e. The third kappa shape index (κ3) is 3.68. The number of thiazole rings is 1. The van der Waals surface area contributed by atoms with Gasteiger partial charge in [-0.05, 0) is 43.5 Å². The number of carbonyl (C=O) groups is 1. The highest BCUT2D eigenvalue weighted by Gasteiger charge is 2.28. The number of aryl methyl sites for hydroxylation is 1. The van der Waals surface area contributed by atoms with Crippen molar-refractivity contribution in [2.75, 3.05) is 23.3 Å². The maximum atomic E-state index is 12.7. The van der Waals surface area contributed by atoms with E-state index in [9.17, 15) is 14.9 Å². The van der Waals surface area contributed by atoms with Gasteiger partial charge in [0.2, 0.25) is 5.91 Å². The van der Waals surface area contributed by atoms with Crippen LogP contribution < -0.4 is 10.2 Å². The molecule has 144 valence electrons. The lowest BCUT2D eigenvalue weighted by atomic mass is 9.95. The van der Waals surface area contributed by atoms with Crippen LogP contribution in [0.25, 0.3) is 10.2 Å². The first-order valence-electron chi connectivity index (χ1n) is 9.17. The number of nitro benzene ring substituents is 1. The number of hydrogen-bond acceptors (Lipinski definition) is 6. The highest BCUT2D eigenvalue weighted by atomic mass is 32.1. The summed E-state index contributed by atoms with van der Waals surface area (Å²) in [4.78, 5) is 30.0. The number of carbonyl (C=O) groups excluding carboxylic acids is 1. The van der Waals surface area contributed by atoms with E-state index < -0.39 is 0 Å². The second-order valence-electron chi connectivity index (χ2n) is 6.99. The van der Waals surface area contributed by atoms with Crippen molar-refractivity contribution < 1.29 is 9.72 Å². The van der Waals surface area contributed by atoms with Gasteiger partial charge < -0.3 is 10.2 Å². The van der Waals surface area contributed by atoms with Crippen molar-refractivity contribution in [3.05, 3.63) is 58.1 Å². The average Bonchev–Trinajstić information content (AvgIpc) is 3.09. The molecule has 0 atom stereocenters. The summed E-state index contributed by atoms with van der Waals surface area (Å²) in [6.45, 7) is 3.26. The van der Waals surface area contributed by atoms with E-state index in [1.807, 2.05) is 24.0 Å². The van der Waals surface area contributed by atoms with Crippen LogP contribution in [0, 0.1) is 23.0 Å². The molecule has 4 rings (SSSR count). The average molecular weight is 396 g/mol. The normalized spacial score (nSPS) is 15.0. The first-order chi connectivity index (χ1) is 13.5. The number of para-hydroxylation sites is 2. The van der Waals surface area contributed by atoms with E-state index in [4.69, 9.17) is 0 Å². The number of hydrogen-bond donors (Lipinski definition) is 1. The predicted octanol–water partition coefficient (Wildman–Crippen LogP) is 4.37. The Labute approximate surface area is 166 Å². The number of benzene rings is 2. The van der Waals surface area contributed by atoms with Crippen molar-refractivity contribution in [1.29, 1.82) is 0 Å². The highest BCUT2D eigenvalue weighted by molar-refractivity contribution is 7.22. The first-order valence-corrected chi connectivity index (χ1v) is 9.99. The van der Waals surface area contributed by atoms with Crippen LogP contribution in [0.2, 0.25) is 0 Å². The Bertz CT molecular complexity index is 1040. The molecule has 28 heavy (non-hydrogen) atoms. The molecule has 0 saturated carbocycles. The summed E-state index contributed by atoms with van der Waals surface area (Å²) in [5, 5.41) is 14.8. The minimum Gasteiger partial charge on any atom is -0.366 e. The molecule has 8 heteroatoms. The fourth-order valence-electron chi connectivity index (χ4n) is 3.56. The van der Waals surface area contributed by atoms with Gasteiger partial charge in [-0.1, -0.05) is 29.5 Å². The van der Waals surface area contributed by atoms with Crippen molar-refractivity contribution in [3.63, 3.8) is 0 Å². The van der Waals surface area contributed by atoms with E-state index in [0.29, 0.717) is 36.8 Å².